The fourth-order valence-corrected chi connectivity index (χ4v) is 6.38. The minimum atomic E-state index is -0.884. The molecule has 1 saturated carbocycles. The van der Waals surface area contributed by atoms with Gasteiger partial charge in [0.15, 0.2) is 11.0 Å². The van der Waals surface area contributed by atoms with Crippen LogP contribution in [-0.4, -0.2) is 10.9 Å². The molecule has 2 heterocycles. The summed E-state index contributed by atoms with van der Waals surface area (Å²) in [5.41, 5.74) is 1.52. The van der Waals surface area contributed by atoms with E-state index in [2.05, 4.69) is 38.0 Å². The zero-order valence-corrected chi connectivity index (χ0v) is 21.4. The van der Waals surface area contributed by atoms with Gasteiger partial charge in [0, 0.05) is 22.8 Å². The van der Waals surface area contributed by atoms with Gasteiger partial charge < -0.3 is 5.32 Å². The summed E-state index contributed by atoms with van der Waals surface area (Å²) in [6.45, 7) is 8.88. The van der Waals surface area contributed by atoms with Gasteiger partial charge in [0.2, 0.25) is 5.91 Å². The number of amides is 1. The fourth-order valence-electron chi connectivity index (χ4n) is 6.05. The van der Waals surface area contributed by atoms with Gasteiger partial charge in [-0.3, -0.25) is 4.79 Å². The zero-order valence-electron chi connectivity index (χ0n) is 19.9. The lowest BCUT2D eigenvalue weighted by Gasteiger charge is -2.47. The summed E-state index contributed by atoms with van der Waals surface area (Å²) in [5.74, 6) is -0.527. The number of aromatic nitrogens is 1. The molecule has 178 valence electrons. The smallest absolute Gasteiger partial charge is 0.236 e. The minimum Gasteiger partial charge on any atom is -0.325 e. The van der Waals surface area contributed by atoms with E-state index >= 15 is 4.39 Å². The third kappa shape index (κ3) is 4.30. The third-order valence-electron chi connectivity index (χ3n) is 8.17. The van der Waals surface area contributed by atoms with Gasteiger partial charge in [-0.15, -0.1) is 0 Å². The highest BCUT2D eigenvalue weighted by Gasteiger charge is 2.58. The number of hydrogen-bond donors (Lipinski definition) is 1. The number of nitrogens with one attached hydrogen (secondary N) is 1. The maximum atomic E-state index is 15.5. The first kappa shape index (κ1) is 24.5. The van der Waals surface area contributed by atoms with Gasteiger partial charge in [-0.25, -0.2) is 9.37 Å². The van der Waals surface area contributed by atoms with Crippen molar-refractivity contribution in [1.82, 2.24) is 4.98 Å². The van der Waals surface area contributed by atoms with E-state index in [9.17, 15) is 4.79 Å². The minimum absolute atomic E-state index is 0.0508. The molecule has 0 spiro atoms. The number of rotatable bonds is 6. The molecule has 1 aliphatic carbocycles. The Morgan fingerprint density at radius 1 is 1.21 bits per heavy atom. The van der Waals surface area contributed by atoms with E-state index in [1.165, 1.54) is 0 Å². The van der Waals surface area contributed by atoms with Crippen LogP contribution in [0.5, 0.6) is 0 Å². The van der Waals surface area contributed by atoms with Crippen LogP contribution in [0.15, 0.2) is 30.5 Å². The number of benzene rings is 1. The van der Waals surface area contributed by atoms with Crippen molar-refractivity contribution < 1.29 is 9.18 Å². The Morgan fingerprint density at radius 3 is 2.58 bits per heavy atom. The van der Waals surface area contributed by atoms with E-state index in [-0.39, 0.29) is 28.3 Å². The van der Waals surface area contributed by atoms with Crippen LogP contribution in [0, 0.1) is 23.1 Å². The fraction of sp³-hybridized carbons (Fsp3) is 0.556. The van der Waals surface area contributed by atoms with Crippen molar-refractivity contribution >= 4 is 34.8 Å². The van der Waals surface area contributed by atoms with Gasteiger partial charge in [-0.1, -0.05) is 63.4 Å². The number of carbonyl (C=O) groups is 1. The molecular weight excluding hydrogens is 458 g/mol. The lowest BCUT2D eigenvalue weighted by atomic mass is 9.54. The summed E-state index contributed by atoms with van der Waals surface area (Å²) in [6.07, 6.45) is 7.08. The largest absolute Gasteiger partial charge is 0.325 e. The molecule has 1 aromatic heterocycles. The van der Waals surface area contributed by atoms with Crippen LogP contribution in [0.25, 0.3) is 0 Å². The van der Waals surface area contributed by atoms with Crippen molar-refractivity contribution in [3.05, 3.63) is 57.6 Å². The molecule has 1 fully saturated rings. The van der Waals surface area contributed by atoms with Gasteiger partial charge in [0.1, 0.15) is 0 Å². The molecule has 3 atom stereocenters. The van der Waals surface area contributed by atoms with Crippen LogP contribution in [0.3, 0.4) is 0 Å². The van der Waals surface area contributed by atoms with Crippen LogP contribution in [0.2, 0.25) is 10.2 Å². The average molecular weight is 491 g/mol. The molecule has 3 nitrogen and oxygen atoms in total. The molecule has 6 heteroatoms. The SMILES string of the molecule is CCC(C)C[C@H](c1ccnc(Cl)c1F)[C@@]1(C2CCC(C)(C)CC2)C(=O)Nc2cc(Cl)ccc21. The van der Waals surface area contributed by atoms with Crippen LogP contribution >= 0.6 is 23.2 Å². The first-order valence-electron chi connectivity index (χ1n) is 12.0. The lowest BCUT2D eigenvalue weighted by molar-refractivity contribution is -0.125. The van der Waals surface area contributed by atoms with E-state index < -0.39 is 11.2 Å². The first-order chi connectivity index (χ1) is 15.6. The van der Waals surface area contributed by atoms with Gasteiger partial charge in [-0.2, -0.15) is 0 Å². The number of nitrogens with zero attached hydrogens (tertiary/aromatic N) is 1. The predicted molar refractivity (Wildman–Crippen MR) is 134 cm³/mol. The molecule has 4 rings (SSSR count). The molecular formula is C27H33Cl2FN2O. The van der Waals surface area contributed by atoms with Crippen molar-refractivity contribution in [1.29, 1.82) is 0 Å². The average Bonchev–Trinajstić information content (AvgIpc) is 3.05. The number of anilines is 1. The Morgan fingerprint density at radius 2 is 1.91 bits per heavy atom. The van der Waals surface area contributed by atoms with Crippen LogP contribution < -0.4 is 5.32 Å². The maximum Gasteiger partial charge on any atom is 0.236 e. The van der Waals surface area contributed by atoms with Crippen molar-refractivity contribution in [2.45, 2.75) is 77.6 Å². The highest BCUT2D eigenvalue weighted by atomic mass is 35.5. The highest BCUT2D eigenvalue weighted by Crippen LogP contribution is 2.59. The van der Waals surface area contributed by atoms with E-state index in [4.69, 9.17) is 23.2 Å². The van der Waals surface area contributed by atoms with Crippen LogP contribution in [-0.2, 0) is 10.2 Å². The monoisotopic (exact) mass is 490 g/mol. The second-order valence-corrected chi connectivity index (χ2v) is 11.6. The van der Waals surface area contributed by atoms with Crippen LogP contribution in [0.4, 0.5) is 10.1 Å². The topological polar surface area (TPSA) is 42.0 Å². The summed E-state index contributed by atoms with van der Waals surface area (Å²) >= 11 is 12.5. The molecule has 1 unspecified atom stereocenters. The number of pyridine rings is 1. The Hall–Kier alpha value is -1.65. The standard InChI is InChI=1S/C27H33Cl2FN2O/c1-5-16(2)14-21(19-10-13-31-24(29)23(19)30)27(17-8-11-26(3,4)12-9-17)20-7-6-18(28)15-22(20)32-25(27)33/h6-7,10,13,15-17,21H,5,8-9,11-12,14H2,1-4H3,(H,32,33)/t16?,21-,27+/m1/s1. The normalized spacial score (nSPS) is 24.3. The summed E-state index contributed by atoms with van der Waals surface area (Å²) < 4.78 is 15.5. The molecule has 0 radical (unpaired) electrons. The third-order valence-corrected chi connectivity index (χ3v) is 8.67. The molecule has 0 saturated heterocycles. The summed E-state index contributed by atoms with van der Waals surface area (Å²) in [7, 11) is 0. The summed E-state index contributed by atoms with van der Waals surface area (Å²) in [4.78, 5) is 18.0. The lowest BCUT2D eigenvalue weighted by Crippen LogP contribution is -2.49. The van der Waals surface area contributed by atoms with E-state index in [1.807, 2.05) is 18.2 Å². The van der Waals surface area contributed by atoms with Crippen molar-refractivity contribution in [2.24, 2.45) is 17.3 Å². The van der Waals surface area contributed by atoms with Crippen molar-refractivity contribution in [3.8, 4) is 0 Å². The zero-order chi connectivity index (χ0) is 24.0. The number of halogens is 3. The molecule has 1 aromatic carbocycles. The molecule has 1 aliphatic heterocycles. The van der Waals surface area contributed by atoms with E-state index in [0.717, 1.165) is 43.4 Å². The molecule has 2 aliphatic rings. The Bertz CT molecular complexity index is 1050. The number of hydrogen-bond acceptors (Lipinski definition) is 2. The molecule has 1 N–H and O–H groups in total. The Labute approximate surface area is 206 Å². The van der Waals surface area contributed by atoms with Gasteiger partial charge >= 0.3 is 0 Å². The summed E-state index contributed by atoms with van der Waals surface area (Å²) in [5, 5.41) is 3.56. The first-order valence-corrected chi connectivity index (χ1v) is 12.8. The van der Waals surface area contributed by atoms with Crippen LogP contribution in [0.1, 0.15) is 83.3 Å². The quantitative estimate of drug-likeness (QED) is 0.414. The van der Waals surface area contributed by atoms with E-state index in [1.54, 1.807) is 12.3 Å². The molecule has 0 bridgehead atoms. The van der Waals surface area contributed by atoms with Crippen molar-refractivity contribution in [2.75, 3.05) is 5.32 Å². The predicted octanol–water partition coefficient (Wildman–Crippen LogP) is 8.15. The molecule has 2 aromatic rings. The van der Waals surface area contributed by atoms with E-state index in [0.29, 0.717) is 22.9 Å². The Kier molecular flexibility index (Phi) is 6.81. The second kappa shape index (κ2) is 9.19. The van der Waals surface area contributed by atoms with Gasteiger partial charge in [0.05, 0.1) is 5.41 Å². The highest BCUT2D eigenvalue weighted by molar-refractivity contribution is 6.31. The van der Waals surface area contributed by atoms with Gasteiger partial charge in [0.25, 0.3) is 0 Å². The maximum absolute atomic E-state index is 15.5. The number of fused-ring (bicyclic) bond motifs is 1. The molecule has 1 amide bonds. The second-order valence-electron chi connectivity index (χ2n) is 10.8. The van der Waals surface area contributed by atoms with Gasteiger partial charge in [-0.05, 0) is 78.7 Å². The Balaban J connectivity index is 1.96. The number of carbonyl (C=O) groups excluding carboxylic acids is 1. The molecule has 33 heavy (non-hydrogen) atoms. The summed E-state index contributed by atoms with van der Waals surface area (Å²) in [6, 6.07) is 7.35. The van der Waals surface area contributed by atoms with Crippen molar-refractivity contribution in [3.63, 3.8) is 0 Å².